The summed E-state index contributed by atoms with van der Waals surface area (Å²) in [6.45, 7) is 5.39. The molecule has 0 aliphatic carbocycles. The Morgan fingerprint density at radius 3 is 2.16 bits per heavy atom. The monoisotopic (exact) mass is 273 g/mol. The van der Waals surface area contributed by atoms with Crippen LogP contribution in [0.25, 0.3) is 0 Å². The number of amides is 3. The third kappa shape index (κ3) is 8.01. The average molecular weight is 273 g/mol. The lowest BCUT2D eigenvalue weighted by Crippen LogP contribution is -2.52. The quantitative estimate of drug-likeness (QED) is 0.512. The van der Waals surface area contributed by atoms with E-state index >= 15 is 0 Å². The highest BCUT2D eigenvalue weighted by Crippen LogP contribution is 2.05. The average Bonchev–Trinajstić information content (AvgIpc) is 2.24. The Kier molecular flexibility index (Phi) is 7.55. The molecule has 0 aromatic heterocycles. The molecule has 0 saturated heterocycles. The Morgan fingerprint density at radius 2 is 1.74 bits per heavy atom. The first-order valence-electron chi connectivity index (χ1n) is 6.32. The molecule has 0 fully saturated rings. The maximum absolute atomic E-state index is 11.9. The predicted molar refractivity (Wildman–Crippen MR) is 70.4 cm³/mol. The fraction of sp³-hybridized carbons (Fsp3) is 0.750. The predicted octanol–water partition coefficient (Wildman–Crippen LogP) is 0.439. The number of carboxylic acids is 1. The van der Waals surface area contributed by atoms with Gasteiger partial charge in [0.1, 0.15) is 6.04 Å². The van der Waals surface area contributed by atoms with Crippen molar-refractivity contribution in [2.75, 3.05) is 0 Å². The zero-order valence-electron chi connectivity index (χ0n) is 11.6. The molecule has 0 aromatic carbocycles. The van der Waals surface area contributed by atoms with Crippen molar-refractivity contribution >= 4 is 17.9 Å². The van der Waals surface area contributed by atoms with Crippen molar-refractivity contribution in [3.63, 3.8) is 0 Å². The van der Waals surface area contributed by atoms with Gasteiger partial charge >= 0.3 is 12.0 Å². The van der Waals surface area contributed by atoms with Crippen LogP contribution in [0.2, 0.25) is 0 Å². The van der Waals surface area contributed by atoms with Gasteiger partial charge in [0.2, 0.25) is 5.91 Å². The Balaban J connectivity index is 4.23. The van der Waals surface area contributed by atoms with E-state index in [0.29, 0.717) is 12.8 Å². The lowest BCUT2D eigenvalue weighted by atomic mass is 10.0. The first-order chi connectivity index (χ1) is 8.73. The molecule has 2 unspecified atom stereocenters. The van der Waals surface area contributed by atoms with Gasteiger partial charge in [-0.05, 0) is 25.7 Å². The number of primary amides is 1. The molecule has 19 heavy (non-hydrogen) atoms. The zero-order chi connectivity index (χ0) is 15.0. The van der Waals surface area contributed by atoms with Crippen molar-refractivity contribution in [2.24, 2.45) is 11.7 Å². The minimum Gasteiger partial charge on any atom is -0.481 e. The van der Waals surface area contributed by atoms with Gasteiger partial charge in [0, 0.05) is 12.5 Å². The van der Waals surface area contributed by atoms with Gasteiger partial charge < -0.3 is 21.5 Å². The van der Waals surface area contributed by atoms with Gasteiger partial charge in [-0.2, -0.15) is 0 Å². The van der Waals surface area contributed by atoms with Crippen LogP contribution in [0.5, 0.6) is 0 Å². The highest BCUT2D eigenvalue weighted by atomic mass is 16.4. The first-order valence-corrected chi connectivity index (χ1v) is 6.32. The highest BCUT2D eigenvalue weighted by molar-refractivity contribution is 5.86. The number of carboxylic acid groups (broad SMARTS) is 1. The minimum absolute atomic E-state index is 0.0767. The maximum Gasteiger partial charge on any atom is 0.312 e. The number of urea groups is 1. The van der Waals surface area contributed by atoms with Crippen molar-refractivity contribution in [3.05, 3.63) is 0 Å². The largest absolute Gasteiger partial charge is 0.481 e. The number of nitrogens with one attached hydrogen (secondary N) is 2. The molecule has 0 aliphatic rings. The van der Waals surface area contributed by atoms with Crippen LogP contribution in [-0.2, 0) is 9.59 Å². The molecule has 0 aliphatic heterocycles. The summed E-state index contributed by atoms with van der Waals surface area (Å²) in [6, 6.07) is -1.57. The van der Waals surface area contributed by atoms with Gasteiger partial charge in [-0.25, -0.2) is 4.79 Å². The topological polar surface area (TPSA) is 122 Å². The van der Waals surface area contributed by atoms with Crippen LogP contribution in [0.15, 0.2) is 0 Å². The number of carbonyl (C=O) groups excluding carboxylic acids is 2. The molecule has 2 atom stereocenters. The van der Waals surface area contributed by atoms with Crippen LogP contribution in [0.4, 0.5) is 4.79 Å². The second-order valence-electron chi connectivity index (χ2n) is 4.93. The van der Waals surface area contributed by atoms with Crippen molar-refractivity contribution in [1.82, 2.24) is 10.6 Å². The first kappa shape index (κ1) is 17.2. The van der Waals surface area contributed by atoms with E-state index in [4.69, 9.17) is 10.8 Å². The Morgan fingerprint density at radius 1 is 1.16 bits per heavy atom. The summed E-state index contributed by atoms with van der Waals surface area (Å²) in [5.74, 6) is -1.25. The second-order valence-corrected chi connectivity index (χ2v) is 4.93. The van der Waals surface area contributed by atoms with E-state index in [1.165, 1.54) is 0 Å². The van der Waals surface area contributed by atoms with Gasteiger partial charge in [0.15, 0.2) is 0 Å². The van der Waals surface area contributed by atoms with Crippen LogP contribution in [-0.4, -0.2) is 35.1 Å². The van der Waals surface area contributed by atoms with Gasteiger partial charge in [0.05, 0.1) is 0 Å². The van der Waals surface area contributed by atoms with E-state index < -0.39 is 18.0 Å². The third-order valence-electron chi connectivity index (χ3n) is 2.66. The molecule has 0 bridgehead atoms. The molecule has 0 rings (SSSR count). The number of nitrogens with two attached hydrogens (primary N) is 1. The summed E-state index contributed by atoms with van der Waals surface area (Å²) < 4.78 is 0. The van der Waals surface area contributed by atoms with E-state index in [0.717, 1.165) is 0 Å². The molecule has 7 nitrogen and oxygen atoms in total. The molecule has 0 heterocycles. The summed E-state index contributed by atoms with van der Waals surface area (Å²) in [5.41, 5.74) is 5.02. The van der Waals surface area contributed by atoms with Crippen LogP contribution in [0, 0.1) is 5.92 Å². The normalized spacial score (nSPS) is 13.7. The molecule has 0 saturated carbocycles. The molecule has 7 heteroatoms. The fourth-order valence-electron chi connectivity index (χ4n) is 1.65. The Bertz CT molecular complexity index is 331. The van der Waals surface area contributed by atoms with E-state index in [1.807, 2.05) is 0 Å². The number of carbonyl (C=O) groups is 3. The van der Waals surface area contributed by atoms with E-state index in [2.05, 4.69) is 10.6 Å². The number of aliphatic carboxylic acids is 1. The van der Waals surface area contributed by atoms with Crippen molar-refractivity contribution in [2.45, 2.75) is 52.1 Å². The summed E-state index contributed by atoms with van der Waals surface area (Å²) in [5, 5.41) is 13.6. The standard InChI is InChI=1S/C12H23N3O4/c1-7(2)10(15-12(13)19)11(18)14-8(3)5-4-6-9(16)17/h7-8,10H,4-6H2,1-3H3,(H,14,18)(H,16,17)(H3,13,15,19). The summed E-state index contributed by atoms with van der Waals surface area (Å²) >= 11 is 0. The molecular weight excluding hydrogens is 250 g/mol. The Labute approximate surface area is 112 Å². The van der Waals surface area contributed by atoms with Gasteiger partial charge in [-0.1, -0.05) is 13.8 Å². The highest BCUT2D eigenvalue weighted by Gasteiger charge is 2.24. The van der Waals surface area contributed by atoms with E-state index in [9.17, 15) is 14.4 Å². The number of hydrogen-bond acceptors (Lipinski definition) is 3. The molecule has 0 radical (unpaired) electrons. The number of hydrogen-bond donors (Lipinski definition) is 4. The molecule has 0 aromatic rings. The fourth-order valence-corrected chi connectivity index (χ4v) is 1.65. The van der Waals surface area contributed by atoms with Crippen LogP contribution >= 0.6 is 0 Å². The lowest BCUT2D eigenvalue weighted by Gasteiger charge is -2.23. The van der Waals surface area contributed by atoms with Crippen LogP contribution in [0.1, 0.15) is 40.0 Å². The SMILES string of the molecule is CC(CCCC(=O)O)NC(=O)C(NC(N)=O)C(C)C. The third-order valence-corrected chi connectivity index (χ3v) is 2.66. The van der Waals surface area contributed by atoms with Crippen molar-refractivity contribution in [3.8, 4) is 0 Å². The Hall–Kier alpha value is -1.79. The molecule has 110 valence electrons. The second kappa shape index (κ2) is 8.34. The minimum atomic E-state index is -0.853. The maximum atomic E-state index is 11.9. The van der Waals surface area contributed by atoms with Crippen LogP contribution < -0.4 is 16.4 Å². The molecule has 5 N–H and O–H groups in total. The van der Waals surface area contributed by atoms with Gasteiger partial charge in [0.25, 0.3) is 0 Å². The van der Waals surface area contributed by atoms with E-state index in [1.54, 1.807) is 20.8 Å². The molecule has 0 spiro atoms. The lowest BCUT2D eigenvalue weighted by molar-refractivity contribution is -0.137. The molecular formula is C12H23N3O4. The van der Waals surface area contributed by atoms with Gasteiger partial charge in [-0.3, -0.25) is 9.59 Å². The van der Waals surface area contributed by atoms with Crippen molar-refractivity contribution in [1.29, 1.82) is 0 Å². The molecule has 3 amide bonds. The summed E-state index contributed by atoms with van der Waals surface area (Å²) in [4.78, 5) is 33.1. The smallest absolute Gasteiger partial charge is 0.312 e. The van der Waals surface area contributed by atoms with E-state index in [-0.39, 0.29) is 24.3 Å². The van der Waals surface area contributed by atoms with Crippen molar-refractivity contribution < 1.29 is 19.5 Å². The van der Waals surface area contributed by atoms with Crippen LogP contribution in [0.3, 0.4) is 0 Å². The summed E-state index contributed by atoms with van der Waals surface area (Å²) in [6.07, 6.45) is 1.14. The van der Waals surface area contributed by atoms with Gasteiger partial charge in [-0.15, -0.1) is 0 Å². The number of rotatable bonds is 8. The zero-order valence-corrected chi connectivity index (χ0v) is 11.6. The summed E-state index contributed by atoms with van der Waals surface area (Å²) in [7, 11) is 0.